The fourth-order valence-corrected chi connectivity index (χ4v) is 4.68. The highest BCUT2D eigenvalue weighted by atomic mass is 32.1. The summed E-state index contributed by atoms with van der Waals surface area (Å²) < 4.78 is 6.04. The monoisotopic (exact) mass is 445 g/mol. The molecule has 1 aliphatic heterocycles. The zero-order valence-electron chi connectivity index (χ0n) is 17.7. The number of nitrogen functional groups attached to an aromatic ring is 2. The maximum absolute atomic E-state index is 6.04. The summed E-state index contributed by atoms with van der Waals surface area (Å²) in [6.45, 7) is 7.71. The van der Waals surface area contributed by atoms with E-state index in [1.807, 2.05) is 37.3 Å². The second kappa shape index (κ2) is 8.08. The van der Waals surface area contributed by atoms with Crippen LogP contribution in [0.3, 0.4) is 0 Å². The van der Waals surface area contributed by atoms with Crippen molar-refractivity contribution in [3.8, 4) is 17.0 Å². The molecular weight excluding hydrogens is 422 g/mol. The van der Waals surface area contributed by atoms with E-state index < -0.39 is 0 Å². The molecule has 4 N–H and O–H groups in total. The molecule has 3 aromatic heterocycles. The SMILES string of the molecule is C=CCc1c(C)nc(N)nc1N1CCOc2ccc(-c3ccc4nc(N)sc4n3)cc2C1. The number of hydrogen-bond acceptors (Lipinski definition) is 9. The van der Waals surface area contributed by atoms with Gasteiger partial charge in [-0.25, -0.2) is 15.0 Å². The summed E-state index contributed by atoms with van der Waals surface area (Å²) in [4.78, 5) is 21.0. The third-order valence-corrected chi connectivity index (χ3v) is 6.26. The Bertz CT molecular complexity index is 1330. The van der Waals surface area contributed by atoms with E-state index in [1.54, 1.807) is 0 Å². The number of allylic oxidation sites excluding steroid dienone is 1. The first-order chi connectivity index (χ1) is 15.5. The Hall–Kier alpha value is -3.72. The number of anilines is 3. The Morgan fingerprint density at radius 3 is 2.88 bits per heavy atom. The summed E-state index contributed by atoms with van der Waals surface area (Å²) in [5, 5.41) is 0.519. The highest BCUT2D eigenvalue weighted by molar-refractivity contribution is 7.21. The third kappa shape index (κ3) is 3.71. The van der Waals surface area contributed by atoms with Crippen LogP contribution in [0.4, 0.5) is 16.9 Å². The molecule has 162 valence electrons. The second-order valence-electron chi connectivity index (χ2n) is 7.63. The van der Waals surface area contributed by atoms with Crippen LogP contribution in [0.2, 0.25) is 0 Å². The van der Waals surface area contributed by atoms with Crippen molar-refractivity contribution >= 4 is 38.6 Å². The number of nitrogens with zero attached hydrogens (tertiary/aromatic N) is 5. The van der Waals surface area contributed by atoms with Gasteiger partial charge in [0, 0.05) is 28.9 Å². The van der Waals surface area contributed by atoms with Gasteiger partial charge in [-0.15, -0.1) is 6.58 Å². The Morgan fingerprint density at radius 1 is 1.16 bits per heavy atom. The van der Waals surface area contributed by atoms with E-state index in [9.17, 15) is 0 Å². The van der Waals surface area contributed by atoms with Gasteiger partial charge in [-0.05, 0) is 43.7 Å². The molecule has 1 aromatic carbocycles. The van der Waals surface area contributed by atoms with Crippen molar-refractivity contribution in [3.05, 3.63) is 59.8 Å². The van der Waals surface area contributed by atoms with Gasteiger partial charge in [-0.1, -0.05) is 17.4 Å². The summed E-state index contributed by atoms with van der Waals surface area (Å²) in [6.07, 6.45) is 2.54. The van der Waals surface area contributed by atoms with Gasteiger partial charge in [0.25, 0.3) is 0 Å². The molecular formula is C23H23N7OS. The summed E-state index contributed by atoms with van der Waals surface area (Å²) in [7, 11) is 0. The molecule has 0 fully saturated rings. The minimum absolute atomic E-state index is 0.269. The van der Waals surface area contributed by atoms with Gasteiger partial charge in [-0.2, -0.15) is 4.98 Å². The highest BCUT2D eigenvalue weighted by Crippen LogP contribution is 2.33. The van der Waals surface area contributed by atoms with E-state index in [-0.39, 0.29) is 5.95 Å². The molecule has 8 nitrogen and oxygen atoms in total. The lowest BCUT2D eigenvalue weighted by atomic mass is 10.1. The average molecular weight is 446 g/mol. The Morgan fingerprint density at radius 2 is 2.03 bits per heavy atom. The number of aryl methyl sites for hydroxylation is 1. The predicted octanol–water partition coefficient (Wildman–Crippen LogP) is 3.75. The van der Waals surface area contributed by atoms with Crippen LogP contribution in [0.25, 0.3) is 21.6 Å². The maximum atomic E-state index is 6.04. The number of ether oxygens (including phenoxy) is 1. The van der Waals surface area contributed by atoms with E-state index in [2.05, 4.69) is 32.5 Å². The number of pyridine rings is 1. The van der Waals surface area contributed by atoms with E-state index >= 15 is 0 Å². The number of benzene rings is 1. The minimum atomic E-state index is 0.269. The van der Waals surface area contributed by atoms with Crippen molar-refractivity contribution in [2.45, 2.75) is 19.9 Å². The summed E-state index contributed by atoms with van der Waals surface area (Å²) in [5.41, 5.74) is 17.5. The van der Waals surface area contributed by atoms with Crippen molar-refractivity contribution in [2.24, 2.45) is 0 Å². The van der Waals surface area contributed by atoms with Crippen LogP contribution < -0.4 is 21.1 Å². The molecule has 4 heterocycles. The van der Waals surface area contributed by atoms with Crippen LogP contribution in [0.15, 0.2) is 43.0 Å². The molecule has 0 unspecified atom stereocenters. The van der Waals surface area contributed by atoms with Crippen LogP contribution in [0, 0.1) is 6.92 Å². The molecule has 5 rings (SSSR count). The lowest BCUT2D eigenvalue weighted by Gasteiger charge is -2.24. The van der Waals surface area contributed by atoms with Crippen LogP contribution >= 0.6 is 11.3 Å². The quantitative estimate of drug-likeness (QED) is 0.456. The second-order valence-corrected chi connectivity index (χ2v) is 8.64. The zero-order valence-corrected chi connectivity index (χ0v) is 18.5. The third-order valence-electron chi connectivity index (χ3n) is 5.47. The smallest absolute Gasteiger partial charge is 0.222 e. The van der Waals surface area contributed by atoms with Crippen molar-refractivity contribution in [1.29, 1.82) is 0 Å². The number of rotatable bonds is 4. The minimum Gasteiger partial charge on any atom is -0.491 e. The van der Waals surface area contributed by atoms with Crippen molar-refractivity contribution in [3.63, 3.8) is 0 Å². The zero-order chi connectivity index (χ0) is 22.2. The number of thiazole rings is 1. The van der Waals surface area contributed by atoms with Crippen LogP contribution in [-0.2, 0) is 13.0 Å². The molecule has 1 aliphatic rings. The Labute approximate surface area is 189 Å². The Kier molecular flexibility index (Phi) is 5.10. The topological polar surface area (TPSA) is 116 Å². The maximum Gasteiger partial charge on any atom is 0.222 e. The van der Waals surface area contributed by atoms with E-state index in [4.69, 9.17) is 21.2 Å². The van der Waals surface area contributed by atoms with Crippen molar-refractivity contribution < 1.29 is 4.74 Å². The van der Waals surface area contributed by atoms with E-state index in [1.165, 1.54) is 11.3 Å². The lowest BCUT2D eigenvalue weighted by Crippen LogP contribution is -2.28. The van der Waals surface area contributed by atoms with Gasteiger partial charge in [0.1, 0.15) is 28.5 Å². The molecule has 0 amide bonds. The number of aromatic nitrogens is 4. The van der Waals surface area contributed by atoms with Gasteiger partial charge in [-0.3, -0.25) is 0 Å². The van der Waals surface area contributed by atoms with Gasteiger partial charge in [0.15, 0.2) is 5.13 Å². The largest absolute Gasteiger partial charge is 0.491 e. The van der Waals surface area contributed by atoms with Crippen molar-refractivity contribution in [1.82, 2.24) is 19.9 Å². The van der Waals surface area contributed by atoms with Crippen LogP contribution in [0.5, 0.6) is 5.75 Å². The first-order valence-corrected chi connectivity index (χ1v) is 11.1. The fraction of sp³-hybridized carbons (Fsp3) is 0.217. The molecule has 0 aliphatic carbocycles. The van der Waals surface area contributed by atoms with Crippen molar-refractivity contribution in [2.75, 3.05) is 29.5 Å². The molecule has 32 heavy (non-hydrogen) atoms. The van der Waals surface area contributed by atoms with Gasteiger partial charge >= 0.3 is 0 Å². The summed E-state index contributed by atoms with van der Waals surface area (Å²) in [5.74, 6) is 1.96. The Balaban J connectivity index is 1.53. The lowest BCUT2D eigenvalue weighted by molar-refractivity contribution is 0.331. The molecule has 0 saturated heterocycles. The summed E-state index contributed by atoms with van der Waals surface area (Å²) in [6, 6.07) is 10.1. The van der Waals surface area contributed by atoms with Gasteiger partial charge < -0.3 is 21.1 Å². The summed E-state index contributed by atoms with van der Waals surface area (Å²) >= 11 is 1.39. The normalized spacial score (nSPS) is 13.5. The molecule has 0 bridgehead atoms. The predicted molar refractivity (Wildman–Crippen MR) is 129 cm³/mol. The van der Waals surface area contributed by atoms with E-state index in [0.717, 1.165) is 50.0 Å². The van der Waals surface area contributed by atoms with Gasteiger partial charge in [0.05, 0.1) is 12.2 Å². The molecule has 4 aromatic rings. The van der Waals surface area contributed by atoms with E-state index in [0.29, 0.717) is 31.2 Å². The fourth-order valence-electron chi connectivity index (χ4n) is 3.98. The van der Waals surface area contributed by atoms with Gasteiger partial charge in [0.2, 0.25) is 5.95 Å². The highest BCUT2D eigenvalue weighted by Gasteiger charge is 2.22. The van der Waals surface area contributed by atoms with Crippen LogP contribution in [-0.4, -0.2) is 33.1 Å². The first-order valence-electron chi connectivity index (χ1n) is 10.3. The van der Waals surface area contributed by atoms with Crippen LogP contribution in [0.1, 0.15) is 16.8 Å². The molecule has 9 heteroatoms. The molecule has 0 atom stereocenters. The molecule has 0 saturated carbocycles. The molecule has 0 radical (unpaired) electrons. The number of hydrogen-bond donors (Lipinski definition) is 2. The molecule has 0 spiro atoms. The standard InChI is InChI=1S/C23H23N7OS/c1-3-4-16-13(2)26-22(24)29-20(16)30-9-10-31-19-8-5-14(11-15(19)12-30)17-6-7-18-21(27-17)32-23(25)28-18/h3,5-8,11H,1,4,9-10,12H2,2H3,(H2,25,28)(H2,24,26,29). The average Bonchev–Trinajstić information content (AvgIpc) is 3.01. The first kappa shape index (κ1) is 20.2. The number of fused-ring (bicyclic) bond motifs is 2. The number of nitrogens with two attached hydrogens (primary N) is 2.